The smallest absolute Gasteiger partial charge is 0.351 e. The van der Waals surface area contributed by atoms with E-state index in [1.165, 1.54) is 13.2 Å². The van der Waals surface area contributed by atoms with Crippen LogP contribution in [-0.4, -0.2) is 64.2 Å². The first kappa shape index (κ1) is 18.3. The highest BCUT2D eigenvalue weighted by molar-refractivity contribution is 5.75. The number of hydrogen-bond acceptors (Lipinski definition) is 8. The summed E-state index contributed by atoms with van der Waals surface area (Å²) < 4.78 is 12.2. The minimum atomic E-state index is -1.16. The molecule has 0 aliphatic carbocycles. The van der Waals surface area contributed by atoms with E-state index in [1.54, 1.807) is 6.92 Å². The molecule has 1 saturated heterocycles. The van der Waals surface area contributed by atoms with Gasteiger partial charge in [0.2, 0.25) is 5.91 Å². The van der Waals surface area contributed by atoms with E-state index >= 15 is 0 Å². The fourth-order valence-electron chi connectivity index (χ4n) is 2.45. The highest BCUT2D eigenvalue weighted by Crippen LogP contribution is 2.31. The molecule has 24 heavy (non-hydrogen) atoms. The van der Waals surface area contributed by atoms with E-state index in [2.05, 4.69) is 10.3 Å². The lowest BCUT2D eigenvalue weighted by molar-refractivity contribution is -0.124. The lowest BCUT2D eigenvalue weighted by Gasteiger charge is -2.22. The number of nitrogens with zero attached hydrogens (tertiary/aromatic N) is 2. The van der Waals surface area contributed by atoms with E-state index < -0.39 is 36.8 Å². The van der Waals surface area contributed by atoms with Gasteiger partial charge in [0.25, 0.3) is 0 Å². The van der Waals surface area contributed by atoms with Crippen LogP contribution < -0.4 is 16.7 Å². The van der Waals surface area contributed by atoms with Gasteiger partial charge in [0.1, 0.15) is 24.1 Å². The van der Waals surface area contributed by atoms with Gasteiger partial charge in [-0.25, -0.2) is 4.79 Å². The third-order valence-electron chi connectivity index (χ3n) is 3.86. The Kier molecular flexibility index (Phi) is 5.89. The average Bonchev–Trinajstić information content (AvgIpc) is 2.87. The number of aryl methyl sites for hydroxylation is 1. The molecule has 4 atom stereocenters. The van der Waals surface area contributed by atoms with Crippen molar-refractivity contribution in [1.82, 2.24) is 14.9 Å². The SMILES string of the molecule is CNC(=O)CCO[C@@H]1[C@H](O)[C@@H](CO)O[C@H]1n1cc(C)c(N)nc1=O. The molecule has 1 aliphatic heterocycles. The maximum absolute atomic E-state index is 12.1. The molecular formula is C14H22N4O6. The van der Waals surface area contributed by atoms with Gasteiger partial charge < -0.3 is 30.7 Å². The van der Waals surface area contributed by atoms with Crippen molar-refractivity contribution in [2.75, 3.05) is 26.0 Å². The van der Waals surface area contributed by atoms with Gasteiger partial charge in [-0.15, -0.1) is 0 Å². The number of carbonyl (C=O) groups is 1. The summed E-state index contributed by atoms with van der Waals surface area (Å²) >= 11 is 0. The van der Waals surface area contributed by atoms with E-state index in [0.29, 0.717) is 5.56 Å². The molecule has 0 saturated carbocycles. The van der Waals surface area contributed by atoms with E-state index in [0.717, 1.165) is 4.57 Å². The topological polar surface area (TPSA) is 149 Å². The van der Waals surface area contributed by atoms with Gasteiger partial charge in [-0.05, 0) is 6.92 Å². The van der Waals surface area contributed by atoms with Crippen molar-refractivity contribution in [2.45, 2.75) is 37.9 Å². The quantitative estimate of drug-likeness (QED) is 0.459. The largest absolute Gasteiger partial charge is 0.394 e. The number of nitrogens with one attached hydrogen (secondary N) is 1. The Morgan fingerprint density at radius 3 is 2.92 bits per heavy atom. The Balaban J connectivity index is 2.23. The second-order valence-corrected chi connectivity index (χ2v) is 5.50. The molecule has 0 unspecified atom stereocenters. The molecule has 10 nitrogen and oxygen atoms in total. The van der Waals surface area contributed by atoms with E-state index in [9.17, 15) is 19.8 Å². The molecule has 2 heterocycles. The second kappa shape index (κ2) is 7.71. The predicted molar refractivity (Wildman–Crippen MR) is 83.1 cm³/mol. The van der Waals surface area contributed by atoms with Crippen LogP contribution in [0, 0.1) is 6.92 Å². The molecule has 5 N–H and O–H groups in total. The minimum absolute atomic E-state index is 0.0234. The van der Waals surface area contributed by atoms with Crippen LogP contribution in [0.5, 0.6) is 0 Å². The first-order valence-corrected chi connectivity index (χ1v) is 7.50. The van der Waals surface area contributed by atoms with Crippen molar-refractivity contribution >= 4 is 11.7 Å². The molecule has 0 aromatic carbocycles. The monoisotopic (exact) mass is 342 g/mol. The fraction of sp³-hybridized carbons (Fsp3) is 0.643. The number of rotatable bonds is 6. The number of aromatic nitrogens is 2. The van der Waals surface area contributed by atoms with Gasteiger partial charge in [-0.2, -0.15) is 4.98 Å². The molecular weight excluding hydrogens is 320 g/mol. The number of hydrogen-bond donors (Lipinski definition) is 4. The highest BCUT2D eigenvalue weighted by Gasteiger charge is 2.45. The van der Waals surface area contributed by atoms with Crippen LogP contribution in [0.1, 0.15) is 18.2 Å². The third kappa shape index (κ3) is 3.73. The summed E-state index contributed by atoms with van der Waals surface area (Å²) in [6, 6.07) is 0. The average molecular weight is 342 g/mol. The Hall–Kier alpha value is -2.01. The number of anilines is 1. The summed E-state index contributed by atoms with van der Waals surface area (Å²) in [5, 5.41) is 22.0. The molecule has 134 valence electrons. The van der Waals surface area contributed by atoms with Crippen LogP contribution in [0.3, 0.4) is 0 Å². The van der Waals surface area contributed by atoms with Crippen molar-refractivity contribution < 1.29 is 24.5 Å². The zero-order chi connectivity index (χ0) is 17.9. The van der Waals surface area contributed by atoms with E-state index in [1.807, 2.05) is 0 Å². The van der Waals surface area contributed by atoms with Gasteiger partial charge in [-0.3, -0.25) is 9.36 Å². The van der Waals surface area contributed by atoms with Crippen LogP contribution in [0.15, 0.2) is 11.0 Å². The Morgan fingerprint density at radius 1 is 1.58 bits per heavy atom. The van der Waals surface area contributed by atoms with Crippen molar-refractivity contribution in [1.29, 1.82) is 0 Å². The first-order chi connectivity index (χ1) is 11.4. The Bertz CT molecular complexity index is 649. The van der Waals surface area contributed by atoms with Gasteiger partial charge in [0.05, 0.1) is 13.2 Å². The molecule has 10 heteroatoms. The zero-order valence-electron chi connectivity index (χ0n) is 13.5. The molecule has 0 bridgehead atoms. The molecule has 1 aromatic heterocycles. The maximum atomic E-state index is 12.1. The van der Waals surface area contributed by atoms with Crippen molar-refractivity contribution in [3.63, 3.8) is 0 Å². The number of nitrogen functional groups attached to an aromatic ring is 1. The zero-order valence-corrected chi connectivity index (χ0v) is 13.5. The highest BCUT2D eigenvalue weighted by atomic mass is 16.6. The van der Waals surface area contributed by atoms with Crippen molar-refractivity contribution in [2.24, 2.45) is 0 Å². The van der Waals surface area contributed by atoms with Crippen LogP contribution in [0.2, 0.25) is 0 Å². The summed E-state index contributed by atoms with van der Waals surface area (Å²) in [6.07, 6.45) is -2.45. The number of carbonyl (C=O) groups excluding carboxylic acids is 1. The Labute approximate surface area is 138 Å². The fourth-order valence-corrected chi connectivity index (χ4v) is 2.45. The molecule has 1 aromatic rings. The molecule has 0 radical (unpaired) electrons. The molecule has 1 amide bonds. The number of aliphatic hydroxyl groups excluding tert-OH is 2. The summed E-state index contributed by atoms with van der Waals surface area (Å²) in [5.74, 6) is -0.119. The lowest BCUT2D eigenvalue weighted by atomic mass is 10.1. The van der Waals surface area contributed by atoms with Crippen LogP contribution >= 0.6 is 0 Å². The van der Waals surface area contributed by atoms with Gasteiger partial charge >= 0.3 is 5.69 Å². The molecule has 0 spiro atoms. The van der Waals surface area contributed by atoms with E-state index in [-0.39, 0.29) is 24.8 Å². The molecule has 1 aliphatic rings. The van der Waals surface area contributed by atoms with Crippen LogP contribution in [0.25, 0.3) is 0 Å². The normalized spacial score (nSPS) is 26.5. The first-order valence-electron chi connectivity index (χ1n) is 7.50. The standard InChI is InChI=1S/C14H22N4O6/c1-7-5-18(14(22)17-12(7)15)13-11(10(21)8(6-19)24-13)23-4-3-9(20)16-2/h5,8,10-11,13,19,21H,3-4,6H2,1-2H3,(H,16,20)(H2,15,17,22)/t8-,10-,11-,13-/m1/s1. The van der Waals surface area contributed by atoms with Gasteiger partial charge in [-0.1, -0.05) is 0 Å². The van der Waals surface area contributed by atoms with Crippen LogP contribution in [-0.2, 0) is 14.3 Å². The van der Waals surface area contributed by atoms with Crippen LogP contribution in [0.4, 0.5) is 5.82 Å². The minimum Gasteiger partial charge on any atom is -0.394 e. The van der Waals surface area contributed by atoms with E-state index in [4.69, 9.17) is 15.2 Å². The number of amides is 1. The third-order valence-corrected chi connectivity index (χ3v) is 3.86. The van der Waals surface area contributed by atoms with Crippen molar-refractivity contribution in [3.8, 4) is 0 Å². The number of aliphatic hydroxyl groups is 2. The maximum Gasteiger partial charge on any atom is 0.351 e. The molecule has 1 fully saturated rings. The van der Waals surface area contributed by atoms with Gasteiger partial charge in [0, 0.05) is 25.2 Å². The van der Waals surface area contributed by atoms with Crippen molar-refractivity contribution in [3.05, 3.63) is 22.2 Å². The summed E-state index contributed by atoms with van der Waals surface area (Å²) in [6.45, 7) is 1.26. The number of ether oxygens (including phenoxy) is 2. The molecule has 2 rings (SSSR count). The second-order valence-electron chi connectivity index (χ2n) is 5.50. The number of nitrogens with two attached hydrogens (primary N) is 1. The Morgan fingerprint density at radius 2 is 2.29 bits per heavy atom. The summed E-state index contributed by atoms with van der Waals surface area (Å²) in [4.78, 5) is 27.0. The van der Waals surface area contributed by atoms with Gasteiger partial charge in [0.15, 0.2) is 6.23 Å². The summed E-state index contributed by atoms with van der Waals surface area (Å²) in [5.41, 5.74) is 5.50. The summed E-state index contributed by atoms with van der Waals surface area (Å²) in [7, 11) is 1.50. The lowest BCUT2D eigenvalue weighted by Crippen LogP contribution is -2.39. The predicted octanol–water partition coefficient (Wildman–Crippen LogP) is -2.09.